The van der Waals surface area contributed by atoms with Gasteiger partial charge in [0.1, 0.15) is 5.60 Å². The summed E-state index contributed by atoms with van der Waals surface area (Å²) in [6.07, 6.45) is 4.50. The molecular weight excluding hydrogens is 292 g/mol. The third kappa shape index (κ3) is 3.07. The SMILES string of the molecule is CN(C(=O)C(C)(C)O)c1ccc2c(c1)N(Cc1cnc[nH]1)CC2. The number of aliphatic hydroxyl groups is 1. The van der Waals surface area contributed by atoms with Gasteiger partial charge in [0.15, 0.2) is 0 Å². The van der Waals surface area contributed by atoms with Crippen LogP contribution in [0.15, 0.2) is 30.7 Å². The first kappa shape index (κ1) is 15.6. The fraction of sp³-hybridized carbons (Fsp3) is 0.412. The van der Waals surface area contributed by atoms with Crippen molar-refractivity contribution in [2.45, 2.75) is 32.4 Å². The number of hydrogen-bond donors (Lipinski definition) is 2. The van der Waals surface area contributed by atoms with E-state index >= 15 is 0 Å². The number of imidazole rings is 1. The Labute approximate surface area is 135 Å². The van der Waals surface area contributed by atoms with Crippen LogP contribution in [0.3, 0.4) is 0 Å². The molecule has 3 rings (SSSR count). The maximum Gasteiger partial charge on any atom is 0.258 e. The van der Waals surface area contributed by atoms with Crippen molar-refractivity contribution in [2.75, 3.05) is 23.4 Å². The van der Waals surface area contributed by atoms with Crippen molar-refractivity contribution < 1.29 is 9.90 Å². The lowest BCUT2D eigenvalue weighted by Crippen LogP contribution is -2.43. The number of aromatic nitrogens is 2. The van der Waals surface area contributed by atoms with E-state index in [-0.39, 0.29) is 5.91 Å². The summed E-state index contributed by atoms with van der Waals surface area (Å²) >= 11 is 0. The Bertz CT molecular complexity index is 704. The predicted octanol–water partition coefficient (Wildman–Crippen LogP) is 1.71. The van der Waals surface area contributed by atoms with Gasteiger partial charge in [-0.2, -0.15) is 0 Å². The molecule has 6 heteroatoms. The number of nitrogens with one attached hydrogen (secondary N) is 1. The first-order valence-corrected chi connectivity index (χ1v) is 7.72. The number of carbonyl (C=O) groups is 1. The van der Waals surface area contributed by atoms with E-state index in [9.17, 15) is 9.90 Å². The average molecular weight is 314 g/mol. The van der Waals surface area contributed by atoms with Gasteiger partial charge in [-0.1, -0.05) is 6.07 Å². The fourth-order valence-corrected chi connectivity index (χ4v) is 2.91. The summed E-state index contributed by atoms with van der Waals surface area (Å²) in [5.74, 6) is -0.324. The highest BCUT2D eigenvalue weighted by Crippen LogP contribution is 2.33. The quantitative estimate of drug-likeness (QED) is 0.901. The van der Waals surface area contributed by atoms with Crippen molar-refractivity contribution in [3.8, 4) is 0 Å². The van der Waals surface area contributed by atoms with Gasteiger partial charge < -0.3 is 19.9 Å². The number of benzene rings is 1. The Hall–Kier alpha value is -2.34. The van der Waals surface area contributed by atoms with Crippen molar-refractivity contribution >= 4 is 17.3 Å². The molecule has 0 radical (unpaired) electrons. The summed E-state index contributed by atoms with van der Waals surface area (Å²) in [5, 5.41) is 9.92. The van der Waals surface area contributed by atoms with Crippen molar-refractivity contribution in [1.29, 1.82) is 0 Å². The summed E-state index contributed by atoms with van der Waals surface area (Å²) in [7, 11) is 1.69. The van der Waals surface area contributed by atoms with Crippen LogP contribution in [0, 0.1) is 0 Å². The van der Waals surface area contributed by atoms with E-state index in [0.29, 0.717) is 0 Å². The number of anilines is 2. The zero-order valence-corrected chi connectivity index (χ0v) is 13.7. The molecule has 0 atom stereocenters. The Morgan fingerprint density at radius 1 is 1.48 bits per heavy atom. The second kappa shape index (κ2) is 5.70. The number of nitrogens with zero attached hydrogens (tertiary/aromatic N) is 3. The van der Waals surface area contributed by atoms with Crippen molar-refractivity contribution in [2.24, 2.45) is 0 Å². The van der Waals surface area contributed by atoms with Crippen LogP contribution in [0.2, 0.25) is 0 Å². The van der Waals surface area contributed by atoms with Crippen LogP contribution in [-0.2, 0) is 17.8 Å². The van der Waals surface area contributed by atoms with Gasteiger partial charge in [-0.05, 0) is 38.0 Å². The van der Waals surface area contributed by atoms with E-state index in [1.807, 2.05) is 18.3 Å². The highest BCUT2D eigenvalue weighted by molar-refractivity contribution is 5.98. The number of carbonyl (C=O) groups excluding carboxylic acids is 1. The van der Waals surface area contributed by atoms with Gasteiger partial charge in [0.05, 0.1) is 18.6 Å². The largest absolute Gasteiger partial charge is 0.381 e. The van der Waals surface area contributed by atoms with Gasteiger partial charge in [0.25, 0.3) is 5.91 Å². The Morgan fingerprint density at radius 2 is 2.26 bits per heavy atom. The molecule has 0 bridgehead atoms. The molecule has 1 amide bonds. The van der Waals surface area contributed by atoms with Crippen molar-refractivity contribution in [1.82, 2.24) is 9.97 Å². The fourth-order valence-electron chi connectivity index (χ4n) is 2.91. The molecule has 122 valence electrons. The van der Waals surface area contributed by atoms with E-state index in [1.54, 1.807) is 13.4 Å². The minimum Gasteiger partial charge on any atom is -0.381 e. The van der Waals surface area contributed by atoms with E-state index in [0.717, 1.165) is 36.6 Å². The summed E-state index contributed by atoms with van der Waals surface area (Å²) in [6, 6.07) is 6.01. The molecule has 0 spiro atoms. The van der Waals surface area contributed by atoms with Crippen LogP contribution in [0.5, 0.6) is 0 Å². The average Bonchev–Trinajstić information content (AvgIpc) is 3.15. The maximum atomic E-state index is 12.3. The van der Waals surface area contributed by atoms with Crippen LogP contribution in [0.1, 0.15) is 25.1 Å². The van der Waals surface area contributed by atoms with E-state index < -0.39 is 5.60 Å². The topological polar surface area (TPSA) is 72.5 Å². The van der Waals surface area contributed by atoms with Crippen LogP contribution in [-0.4, -0.2) is 40.2 Å². The second-order valence-electron chi connectivity index (χ2n) is 6.48. The van der Waals surface area contributed by atoms with Gasteiger partial charge in [0, 0.05) is 31.2 Å². The molecule has 2 aromatic rings. The molecular formula is C17H22N4O2. The molecule has 0 fully saturated rings. The lowest BCUT2D eigenvalue weighted by atomic mass is 10.1. The zero-order chi connectivity index (χ0) is 16.6. The Morgan fingerprint density at radius 3 is 2.91 bits per heavy atom. The molecule has 2 N–H and O–H groups in total. The van der Waals surface area contributed by atoms with E-state index in [2.05, 4.69) is 20.9 Å². The summed E-state index contributed by atoms with van der Waals surface area (Å²) in [6.45, 7) is 4.72. The molecule has 1 aromatic carbocycles. The molecule has 0 aliphatic carbocycles. The summed E-state index contributed by atoms with van der Waals surface area (Å²) < 4.78 is 0. The molecule has 0 saturated heterocycles. The lowest BCUT2D eigenvalue weighted by Gasteiger charge is -2.26. The summed E-state index contributed by atoms with van der Waals surface area (Å²) in [4.78, 5) is 23.2. The molecule has 0 unspecified atom stereocenters. The summed E-state index contributed by atoms with van der Waals surface area (Å²) in [5.41, 5.74) is 2.87. The predicted molar refractivity (Wildman–Crippen MR) is 89.5 cm³/mol. The van der Waals surface area contributed by atoms with Gasteiger partial charge in [-0.15, -0.1) is 0 Å². The third-order valence-electron chi connectivity index (χ3n) is 4.19. The van der Waals surface area contributed by atoms with Gasteiger partial charge >= 0.3 is 0 Å². The minimum absolute atomic E-state index is 0.324. The van der Waals surface area contributed by atoms with Gasteiger partial charge in [-0.3, -0.25) is 4.79 Å². The van der Waals surface area contributed by atoms with E-state index in [1.165, 1.54) is 24.3 Å². The minimum atomic E-state index is -1.39. The van der Waals surface area contributed by atoms with Crippen LogP contribution in [0.4, 0.5) is 11.4 Å². The van der Waals surface area contributed by atoms with Gasteiger partial charge in [-0.25, -0.2) is 4.98 Å². The smallest absolute Gasteiger partial charge is 0.258 e. The second-order valence-corrected chi connectivity index (χ2v) is 6.48. The highest BCUT2D eigenvalue weighted by Gasteiger charge is 2.29. The first-order chi connectivity index (χ1) is 10.9. The molecule has 2 heterocycles. The number of rotatable bonds is 4. The number of likely N-dealkylation sites (N-methyl/N-ethyl adjacent to an activating group) is 1. The normalized spacial score (nSPS) is 14.0. The molecule has 1 aromatic heterocycles. The third-order valence-corrected chi connectivity index (χ3v) is 4.19. The molecule has 1 aliphatic rings. The molecule has 1 aliphatic heterocycles. The Balaban J connectivity index is 1.85. The van der Waals surface area contributed by atoms with Crippen LogP contribution in [0.25, 0.3) is 0 Å². The van der Waals surface area contributed by atoms with E-state index in [4.69, 9.17) is 0 Å². The number of fused-ring (bicyclic) bond motifs is 1. The van der Waals surface area contributed by atoms with Crippen molar-refractivity contribution in [3.63, 3.8) is 0 Å². The van der Waals surface area contributed by atoms with Crippen LogP contribution < -0.4 is 9.80 Å². The monoisotopic (exact) mass is 314 g/mol. The molecule has 6 nitrogen and oxygen atoms in total. The van der Waals surface area contributed by atoms with Crippen LogP contribution >= 0.6 is 0 Å². The Kier molecular flexibility index (Phi) is 3.85. The number of aromatic amines is 1. The molecule has 0 saturated carbocycles. The number of hydrogen-bond acceptors (Lipinski definition) is 4. The number of amides is 1. The zero-order valence-electron chi connectivity index (χ0n) is 13.7. The lowest BCUT2D eigenvalue weighted by molar-refractivity contribution is -0.133. The standard InChI is InChI=1S/C17H22N4O2/c1-17(2,23)16(22)20(3)14-5-4-12-6-7-21(15(12)8-14)10-13-9-18-11-19-13/h4-5,8-9,11,23H,6-7,10H2,1-3H3,(H,18,19). The molecule has 23 heavy (non-hydrogen) atoms. The number of H-pyrrole nitrogens is 1. The first-order valence-electron chi connectivity index (χ1n) is 7.72. The highest BCUT2D eigenvalue weighted by atomic mass is 16.3. The van der Waals surface area contributed by atoms with Crippen molar-refractivity contribution in [3.05, 3.63) is 42.0 Å². The maximum absolute atomic E-state index is 12.3. The van der Waals surface area contributed by atoms with Gasteiger partial charge in [0.2, 0.25) is 0 Å².